The first-order chi connectivity index (χ1) is 13.6. The normalized spacial score (nSPS) is 15.5. The van der Waals surface area contributed by atoms with E-state index < -0.39 is 6.04 Å². The van der Waals surface area contributed by atoms with Crippen molar-refractivity contribution in [2.45, 2.75) is 19.4 Å². The van der Waals surface area contributed by atoms with Gasteiger partial charge in [0.15, 0.2) is 0 Å². The van der Waals surface area contributed by atoms with Crippen LogP contribution in [0.15, 0.2) is 54.6 Å². The molecule has 7 nitrogen and oxygen atoms in total. The SMILES string of the molecule is COc1ccc(-c2nn3c(c2C)NC(=O)CC3C(=O)Nc2ccccc2)cc1. The number of nitrogens with zero attached hydrogens (tertiary/aromatic N) is 2. The predicted molar refractivity (Wildman–Crippen MR) is 106 cm³/mol. The van der Waals surface area contributed by atoms with Crippen molar-refractivity contribution < 1.29 is 14.3 Å². The van der Waals surface area contributed by atoms with Crippen molar-refractivity contribution in [3.63, 3.8) is 0 Å². The monoisotopic (exact) mass is 376 g/mol. The van der Waals surface area contributed by atoms with Gasteiger partial charge in [-0.1, -0.05) is 18.2 Å². The maximum absolute atomic E-state index is 12.8. The number of aromatic nitrogens is 2. The molecule has 28 heavy (non-hydrogen) atoms. The summed E-state index contributed by atoms with van der Waals surface area (Å²) in [6, 6.07) is 16.0. The number of carbonyl (C=O) groups is 2. The Bertz CT molecular complexity index is 1030. The Balaban J connectivity index is 1.69. The van der Waals surface area contributed by atoms with Crippen LogP contribution in [0.3, 0.4) is 0 Å². The highest BCUT2D eigenvalue weighted by molar-refractivity contribution is 6.02. The van der Waals surface area contributed by atoms with E-state index in [0.29, 0.717) is 11.5 Å². The lowest BCUT2D eigenvalue weighted by molar-refractivity contribution is -0.125. The summed E-state index contributed by atoms with van der Waals surface area (Å²) >= 11 is 0. The van der Waals surface area contributed by atoms with Crippen molar-refractivity contribution in [2.24, 2.45) is 0 Å². The van der Waals surface area contributed by atoms with E-state index in [1.54, 1.807) is 23.9 Å². The van der Waals surface area contributed by atoms with Gasteiger partial charge < -0.3 is 15.4 Å². The summed E-state index contributed by atoms with van der Waals surface area (Å²) in [5.41, 5.74) is 3.10. The molecule has 0 bridgehead atoms. The molecule has 1 unspecified atom stereocenters. The van der Waals surface area contributed by atoms with E-state index in [1.165, 1.54) is 0 Å². The van der Waals surface area contributed by atoms with Gasteiger partial charge in [0.05, 0.1) is 19.2 Å². The molecule has 7 heteroatoms. The average Bonchev–Trinajstić information content (AvgIpc) is 3.04. The number of anilines is 2. The molecule has 2 N–H and O–H groups in total. The minimum Gasteiger partial charge on any atom is -0.497 e. The topological polar surface area (TPSA) is 85.2 Å². The maximum atomic E-state index is 12.8. The van der Waals surface area contributed by atoms with Crippen LogP contribution in [0.1, 0.15) is 18.0 Å². The van der Waals surface area contributed by atoms with Crippen LogP contribution in [0.25, 0.3) is 11.3 Å². The van der Waals surface area contributed by atoms with E-state index in [9.17, 15) is 9.59 Å². The molecule has 0 saturated heterocycles. The molecule has 1 aliphatic heterocycles. The van der Waals surface area contributed by atoms with Gasteiger partial charge in [0.2, 0.25) is 11.8 Å². The summed E-state index contributed by atoms with van der Waals surface area (Å²) in [7, 11) is 1.61. The largest absolute Gasteiger partial charge is 0.497 e. The number of hydrogen-bond acceptors (Lipinski definition) is 4. The van der Waals surface area contributed by atoms with Gasteiger partial charge >= 0.3 is 0 Å². The molecule has 1 aliphatic rings. The van der Waals surface area contributed by atoms with Gasteiger partial charge in [0.25, 0.3) is 0 Å². The Morgan fingerprint density at radius 1 is 1.18 bits per heavy atom. The van der Waals surface area contributed by atoms with Gasteiger partial charge in [-0.2, -0.15) is 5.10 Å². The minimum absolute atomic E-state index is 0.0365. The molecule has 1 atom stereocenters. The quantitative estimate of drug-likeness (QED) is 0.731. The second-order valence-electron chi connectivity index (χ2n) is 6.62. The molecule has 0 saturated carbocycles. The van der Waals surface area contributed by atoms with Crippen LogP contribution in [0.5, 0.6) is 5.75 Å². The second-order valence-corrected chi connectivity index (χ2v) is 6.62. The first-order valence-corrected chi connectivity index (χ1v) is 8.96. The third kappa shape index (κ3) is 3.22. The van der Waals surface area contributed by atoms with Crippen molar-refractivity contribution in [1.82, 2.24) is 9.78 Å². The predicted octanol–water partition coefficient (Wildman–Crippen LogP) is 3.39. The van der Waals surface area contributed by atoms with Crippen molar-refractivity contribution in [3.05, 3.63) is 60.2 Å². The zero-order valence-corrected chi connectivity index (χ0v) is 15.6. The van der Waals surface area contributed by atoms with Crippen LogP contribution in [0.4, 0.5) is 11.5 Å². The lowest BCUT2D eigenvalue weighted by Gasteiger charge is -2.24. The molecule has 4 rings (SSSR count). The molecule has 0 aliphatic carbocycles. The fourth-order valence-electron chi connectivity index (χ4n) is 3.31. The third-order valence-corrected chi connectivity index (χ3v) is 4.79. The zero-order valence-electron chi connectivity index (χ0n) is 15.6. The highest BCUT2D eigenvalue weighted by Crippen LogP contribution is 2.35. The minimum atomic E-state index is -0.713. The van der Waals surface area contributed by atoms with Gasteiger partial charge in [-0.15, -0.1) is 0 Å². The first-order valence-electron chi connectivity index (χ1n) is 8.96. The summed E-state index contributed by atoms with van der Waals surface area (Å²) in [5, 5.41) is 10.4. The summed E-state index contributed by atoms with van der Waals surface area (Å²) < 4.78 is 6.81. The number of nitrogens with one attached hydrogen (secondary N) is 2. The van der Waals surface area contributed by atoms with Gasteiger partial charge in [0.1, 0.15) is 17.6 Å². The number of fused-ring (bicyclic) bond motifs is 1. The van der Waals surface area contributed by atoms with Crippen LogP contribution in [-0.2, 0) is 9.59 Å². The number of methoxy groups -OCH3 is 1. The van der Waals surface area contributed by atoms with Gasteiger partial charge in [0, 0.05) is 16.8 Å². The highest BCUT2D eigenvalue weighted by Gasteiger charge is 2.34. The van der Waals surface area contributed by atoms with Gasteiger partial charge in [-0.05, 0) is 43.3 Å². The van der Waals surface area contributed by atoms with Crippen molar-refractivity contribution >= 4 is 23.3 Å². The van der Waals surface area contributed by atoms with Crippen molar-refractivity contribution in [3.8, 4) is 17.0 Å². The molecule has 2 heterocycles. The molecule has 0 spiro atoms. The van der Waals surface area contributed by atoms with Gasteiger partial charge in [-0.3, -0.25) is 9.59 Å². The molecular weight excluding hydrogens is 356 g/mol. The fraction of sp³-hybridized carbons (Fsp3) is 0.190. The Hall–Kier alpha value is -3.61. The van der Waals surface area contributed by atoms with Crippen LogP contribution < -0.4 is 15.4 Å². The molecule has 1 aromatic heterocycles. The highest BCUT2D eigenvalue weighted by atomic mass is 16.5. The van der Waals surface area contributed by atoms with E-state index in [4.69, 9.17) is 4.74 Å². The van der Waals surface area contributed by atoms with Crippen LogP contribution >= 0.6 is 0 Å². The number of rotatable bonds is 4. The Labute approximate surface area is 162 Å². The van der Waals surface area contributed by atoms with E-state index in [0.717, 1.165) is 22.6 Å². The summed E-state index contributed by atoms with van der Waals surface area (Å²) in [6.07, 6.45) is 0.0365. The molecule has 0 radical (unpaired) electrons. The Morgan fingerprint density at radius 3 is 2.57 bits per heavy atom. The lowest BCUT2D eigenvalue weighted by atomic mass is 10.1. The number of para-hydroxylation sites is 1. The number of ether oxygens (including phenoxy) is 1. The van der Waals surface area contributed by atoms with Gasteiger partial charge in [-0.25, -0.2) is 4.68 Å². The zero-order chi connectivity index (χ0) is 19.7. The smallest absolute Gasteiger partial charge is 0.249 e. The number of hydrogen-bond donors (Lipinski definition) is 2. The Morgan fingerprint density at radius 2 is 1.89 bits per heavy atom. The summed E-state index contributed by atoms with van der Waals surface area (Å²) in [6.45, 7) is 1.89. The van der Waals surface area contributed by atoms with E-state index in [2.05, 4.69) is 15.7 Å². The number of benzene rings is 2. The van der Waals surface area contributed by atoms with Crippen LogP contribution in [-0.4, -0.2) is 28.7 Å². The number of amides is 2. The lowest BCUT2D eigenvalue weighted by Crippen LogP contribution is -2.35. The third-order valence-electron chi connectivity index (χ3n) is 4.79. The van der Waals surface area contributed by atoms with E-state index >= 15 is 0 Å². The Kier molecular flexibility index (Phi) is 4.57. The first kappa shape index (κ1) is 17.8. The molecule has 2 aromatic carbocycles. The standard InChI is InChI=1S/C21H20N4O3/c1-13-19(14-8-10-16(28-2)11-9-14)24-25-17(12-18(26)23-20(13)25)21(27)22-15-6-4-3-5-7-15/h3-11,17H,12H2,1-2H3,(H,22,27)(H,23,26). The van der Waals surface area contributed by atoms with E-state index in [-0.39, 0.29) is 18.2 Å². The second kappa shape index (κ2) is 7.19. The summed E-state index contributed by atoms with van der Waals surface area (Å²) in [4.78, 5) is 25.1. The van der Waals surface area contributed by atoms with Crippen molar-refractivity contribution in [2.75, 3.05) is 17.7 Å². The molecule has 0 fully saturated rings. The summed E-state index contributed by atoms with van der Waals surface area (Å²) in [5.74, 6) is 0.824. The van der Waals surface area contributed by atoms with Crippen LogP contribution in [0.2, 0.25) is 0 Å². The molecular formula is C21H20N4O3. The number of carbonyl (C=O) groups excluding carboxylic acids is 2. The maximum Gasteiger partial charge on any atom is 0.249 e. The van der Waals surface area contributed by atoms with Crippen LogP contribution in [0, 0.1) is 6.92 Å². The molecule has 2 amide bonds. The molecule has 142 valence electrons. The van der Waals surface area contributed by atoms with E-state index in [1.807, 2.05) is 49.4 Å². The average molecular weight is 376 g/mol. The molecule has 3 aromatic rings. The fourth-order valence-corrected chi connectivity index (χ4v) is 3.31. The van der Waals surface area contributed by atoms with Crippen molar-refractivity contribution in [1.29, 1.82) is 0 Å².